The molecule has 110 valence electrons. The summed E-state index contributed by atoms with van der Waals surface area (Å²) >= 11 is 0. The van der Waals surface area contributed by atoms with Crippen LogP contribution in [0.3, 0.4) is 0 Å². The second kappa shape index (κ2) is 7.59. The molecule has 0 saturated carbocycles. The average Bonchev–Trinajstić information content (AvgIpc) is 2.39. The van der Waals surface area contributed by atoms with Crippen LogP contribution in [0.15, 0.2) is 24.3 Å². The minimum atomic E-state index is -1.25. The van der Waals surface area contributed by atoms with Gasteiger partial charge in [0.25, 0.3) is 0 Å². The maximum atomic E-state index is 11.6. The third-order valence-electron chi connectivity index (χ3n) is 2.74. The largest absolute Gasteiger partial charge is 0.458 e. The zero-order valence-corrected chi connectivity index (χ0v) is 11.4. The summed E-state index contributed by atoms with van der Waals surface area (Å²) in [6, 6.07) is 0. The summed E-state index contributed by atoms with van der Waals surface area (Å²) in [5, 5.41) is 9.51. The summed E-state index contributed by atoms with van der Waals surface area (Å²) in [5.74, 6) is -1.68. The lowest BCUT2D eigenvalue weighted by Gasteiger charge is -2.22. The van der Waals surface area contributed by atoms with Crippen LogP contribution >= 0.6 is 0 Å². The summed E-state index contributed by atoms with van der Waals surface area (Å²) < 4.78 is 10.2. The second-order valence-electron chi connectivity index (χ2n) is 4.41. The van der Waals surface area contributed by atoms with Gasteiger partial charge in [-0.05, 0) is 32.4 Å². The molecule has 0 radical (unpaired) electrons. The molecule has 20 heavy (non-hydrogen) atoms. The van der Waals surface area contributed by atoms with Crippen molar-refractivity contribution in [1.82, 2.24) is 0 Å². The van der Waals surface area contributed by atoms with Crippen molar-refractivity contribution in [3.8, 4) is 0 Å². The number of carbonyl (C=O) groups excluding carboxylic acids is 3. The molecule has 0 spiro atoms. The van der Waals surface area contributed by atoms with Gasteiger partial charge in [-0.3, -0.25) is 9.59 Å². The van der Waals surface area contributed by atoms with E-state index in [1.165, 1.54) is 18.2 Å². The minimum absolute atomic E-state index is 0.0117. The first kappa shape index (κ1) is 16.1. The van der Waals surface area contributed by atoms with Gasteiger partial charge in [0.15, 0.2) is 11.9 Å². The Bertz CT molecular complexity index is 437. The van der Waals surface area contributed by atoms with E-state index in [9.17, 15) is 19.5 Å². The van der Waals surface area contributed by atoms with Crippen LogP contribution in [0.5, 0.6) is 0 Å². The SMILES string of the molecule is CC=CC(=O)OC1C=CC(=O)C(O)CCC(=O)OC1C. The number of aliphatic hydroxyl groups is 1. The van der Waals surface area contributed by atoms with Crippen LogP contribution in [0.25, 0.3) is 0 Å². The monoisotopic (exact) mass is 282 g/mol. The molecule has 0 aliphatic carbocycles. The maximum Gasteiger partial charge on any atom is 0.331 e. The number of allylic oxidation sites excluding steroid dienone is 1. The van der Waals surface area contributed by atoms with Gasteiger partial charge in [0, 0.05) is 12.5 Å². The summed E-state index contributed by atoms with van der Waals surface area (Å²) in [5.41, 5.74) is 0. The van der Waals surface area contributed by atoms with E-state index in [-0.39, 0.29) is 12.8 Å². The first-order valence-corrected chi connectivity index (χ1v) is 6.37. The fourth-order valence-electron chi connectivity index (χ4n) is 1.63. The highest BCUT2D eigenvalue weighted by Gasteiger charge is 2.25. The van der Waals surface area contributed by atoms with Crippen molar-refractivity contribution in [2.45, 2.75) is 45.0 Å². The van der Waals surface area contributed by atoms with E-state index in [4.69, 9.17) is 9.47 Å². The molecule has 0 saturated heterocycles. The van der Waals surface area contributed by atoms with E-state index in [2.05, 4.69) is 0 Å². The van der Waals surface area contributed by atoms with Gasteiger partial charge < -0.3 is 14.6 Å². The zero-order valence-electron chi connectivity index (χ0n) is 11.4. The normalized spacial score (nSPS) is 28.2. The number of esters is 2. The molecule has 0 aromatic rings. The lowest BCUT2D eigenvalue weighted by Crippen LogP contribution is -2.33. The first-order chi connectivity index (χ1) is 9.43. The van der Waals surface area contributed by atoms with Crippen molar-refractivity contribution < 1.29 is 29.0 Å². The Balaban J connectivity index is 2.88. The van der Waals surface area contributed by atoms with E-state index in [1.54, 1.807) is 13.8 Å². The molecule has 0 fully saturated rings. The van der Waals surface area contributed by atoms with Gasteiger partial charge in [-0.25, -0.2) is 4.79 Å². The van der Waals surface area contributed by atoms with E-state index in [0.717, 1.165) is 6.08 Å². The molecule has 0 bridgehead atoms. The number of carbonyl (C=O) groups is 3. The lowest BCUT2D eigenvalue weighted by molar-refractivity contribution is -0.161. The molecule has 0 aromatic carbocycles. The van der Waals surface area contributed by atoms with Crippen molar-refractivity contribution >= 4 is 17.7 Å². The van der Waals surface area contributed by atoms with Gasteiger partial charge in [0.1, 0.15) is 12.2 Å². The third kappa shape index (κ3) is 4.97. The van der Waals surface area contributed by atoms with E-state index < -0.39 is 36.0 Å². The topological polar surface area (TPSA) is 89.9 Å². The number of aliphatic hydroxyl groups excluding tert-OH is 1. The highest BCUT2D eigenvalue weighted by Crippen LogP contribution is 2.12. The average molecular weight is 282 g/mol. The summed E-state index contributed by atoms with van der Waals surface area (Å²) in [6.07, 6.45) is 2.30. The number of cyclic esters (lactones) is 1. The number of hydrogen-bond acceptors (Lipinski definition) is 6. The number of rotatable bonds is 2. The summed E-state index contributed by atoms with van der Waals surface area (Å²) in [4.78, 5) is 34.5. The summed E-state index contributed by atoms with van der Waals surface area (Å²) in [7, 11) is 0. The van der Waals surface area contributed by atoms with Crippen LogP contribution in [0.4, 0.5) is 0 Å². The maximum absolute atomic E-state index is 11.6. The Labute approximate surface area is 117 Å². The quantitative estimate of drug-likeness (QED) is 0.592. The number of ether oxygens (including phenoxy) is 2. The van der Waals surface area contributed by atoms with Crippen LogP contribution in [-0.2, 0) is 23.9 Å². The van der Waals surface area contributed by atoms with E-state index in [0.29, 0.717) is 0 Å². The van der Waals surface area contributed by atoms with Crippen molar-refractivity contribution in [2.75, 3.05) is 0 Å². The van der Waals surface area contributed by atoms with Crippen molar-refractivity contribution in [3.05, 3.63) is 24.3 Å². The standard InChI is InChI=1S/C14H18O6/c1-3-4-13(17)20-12-7-5-10(15)11(16)6-8-14(18)19-9(12)2/h3-5,7,9,11-12,16H,6,8H2,1-2H3. The molecule has 1 aliphatic rings. The smallest absolute Gasteiger partial charge is 0.331 e. The Kier molecular flexibility index (Phi) is 6.11. The Morgan fingerprint density at radius 1 is 1.50 bits per heavy atom. The number of ketones is 1. The van der Waals surface area contributed by atoms with Crippen LogP contribution in [0.1, 0.15) is 26.7 Å². The summed E-state index contributed by atoms with van der Waals surface area (Å²) in [6.45, 7) is 3.23. The van der Waals surface area contributed by atoms with Crippen LogP contribution in [0.2, 0.25) is 0 Å². The molecule has 0 aromatic heterocycles. The van der Waals surface area contributed by atoms with Gasteiger partial charge in [0.05, 0.1) is 0 Å². The zero-order chi connectivity index (χ0) is 15.1. The van der Waals surface area contributed by atoms with Crippen molar-refractivity contribution in [3.63, 3.8) is 0 Å². The molecule has 3 atom stereocenters. The molecule has 6 heteroatoms. The van der Waals surface area contributed by atoms with Crippen LogP contribution < -0.4 is 0 Å². The highest BCUT2D eigenvalue weighted by molar-refractivity contribution is 5.93. The lowest BCUT2D eigenvalue weighted by atomic mass is 10.1. The molecule has 1 rings (SSSR count). The Hall–Kier alpha value is -1.95. The van der Waals surface area contributed by atoms with Crippen LogP contribution in [0, 0.1) is 0 Å². The van der Waals surface area contributed by atoms with E-state index >= 15 is 0 Å². The Morgan fingerprint density at radius 2 is 2.20 bits per heavy atom. The van der Waals surface area contributed by atoms with Crippen molar-refractivity contribution in [1.29, 1.82) is 0 Å². The molecular weight excluding hydrogens is 264 g/mol. The van der Waals surface area contributed by atoms with Gasteiger partial charge in [-0.2, -0.15) is 0 Å². The van der Waals surface area contributed by atoms with Crippen LogP contribution in [-0.4, -0.2) is 41.1 Å². The molecule has 0 amide bonds. The minimum Gasteiger partial charge on any atom is -0.458 e. The Morgan fingerprint density at radius 3 is 2.85 bits per heavy atom. The molecule has 1 heterocycles. The van der Waals surface area contributed by atoms with Gasteiger partial charge in [0.2, 0.25) is 0 Å². The molecule has 1 aliphatic heterocycles. The highest BCUT2D eigenvalue weighted by atomic mass is 16.6. The van der Waals surface area contributed by atoms with Crippen molar-refractivity contribution in [2.24, 2.45) is 0 Å². The second-order valence-corrected chi connectivity index (χ2v) is 4.41. The fraction of sp³-hybridized carbons (Fsp3) is 0.500. The molecular formula is C14H18O6. The fourth-order valence-corrected chi connectivity index (χ4v) is 1.63. The molecule has 3 unspecified atom stereocenters. The third-order valence-corrected chi connectivity index (χ3v) is 2.74. The predicted molar refractivity (Wildman–Crippen MR) is 69.6 cm³/mol. The number of hydrogen-bond donors (Lipinski definition) is 1. The van der Waals surface area contributed by atoms with Gasteiger partial charge >= 0.3 is 11.9 Å². The van der Waals surface area contributed by atoms with E-state index in [1.807, 2.05) is 0 Å². The van der Waals surface area contributed by atoms with Gasteiger partial charge in [-0.15, -0.1) is 0 Å². The predicted octanol–water partition coefficient (Wildman–Crippen LogP) is 0.686. The molecule has 1 N–H and O–H groups in total. The molecule has 6 nitrogen and oxygen atoms in total. The first-order valence-electron chi connectivity index (χ1n) is 6.37. The van der Waals surface area contributed by atoms with Gasteiger partial charge in [-0.1, -0.05) is 6.08 Å².